The van der Waals surface area contributed by atoms with Crippen LogP contribution >= 0.6 is 0 Å². The molecule has 0 unspecified atom stereocenters. The molecule has 1 heterocycles. The number of carbonyl (C=O) groups excluding carboxylic acids is 2. The van der Waals surface area contributed by atoms with E-state index in [0.29, 0.717) is 32.6 Å². The van der Waals surface area contributed by atoms with Gasteiger partial charge in [-0.05, 0) is 47.2 Å². The topological polar surface area (TPSA) is 68.4 Å². The molecule has 0 atom stereocenters. The van der Waals surface area contributed by atoms with Crippen LogP contribution in [0, 0.1) is 11.7 Å². The first kappa shape index (κ1) is 26.9. The number of hydrogen-bond donors (Lipinski definition) is 2. The number of halogens is 1. The molecular weight excluding hydrogens is 479 g/mol. The van der Waals surface area contributed by atoms with Crippen LogP contribution in [0.15, 0.2) is 85.1 Å². The van der Waals surface area contributed by atoms with E-state index in [-0.39, 0.29) is 30.2 Å². The van der Waals surface area contributed by atoms with E-state index >= 15 is 0 Å². The van der Waals surface area contributed by atoms with Gasteiger partial charge in [0.2, 0.25) is 5.91 Å². The van der Waals surface area contributed by atoms with Crippen molar-refractivity contribution >= 4 is 22.8 Å². The zero-order chi connectivity index (χ0) is 26.9. The fourth-order valence-electron chi connectivity index (χ4n) is 4.50. The Morgan fingerprint density at radius 3 is 2.34 bits per heavy atom. The molecule has 4 aromatic rings. The third kappa shape index (κ3) is 7.44. The summed E-state index contributed by atoms with van der Waals surface area (Å²) in [6.45, 7) is 5.67. The number of urea groups is 1. The fourth-order valence-corrected chi connectivity index (χ4v) is 4.50. The zero-order valence-electron chi connectivity index (χ0n) is 22.0. The number of aromatic nitrogens is 1. The third-order valence-corrected chi connectivity index (χ3v) is 6.45. The molecule has 2 N–H and O–H groups in total. The van der Waals surface area contributed by atoms with E-state index in [1.54, 1.807) is 21.9 Å². The summed E-state index contributed by atoms with van der Waals surface area (Å²) < 4.78 is 13.5. The van der Waals surface area contributed by atoms with E-state index in [1.165, 1.54) is 12.1 Å². The quantitative estimate of drug-likeness (QED) is 0.268. The van der Waals surface area contributed by atoms with Crippen molar-refractivity contribution in [3.63, 3.8) is 0 Å². The van der Waals surface area contributed by atoms with Gasteiger partial charge in [0.25, 0.3) is 0 Å². The highest BCUT2D eigenvalue weighted by atomic mass is 19.1. The van der Waals surface area contributed by atoms with Crippen molar-refractivity contribution in [2.75, 3.05) is 19.6 Å². The van der Waals surface area contributed by atoms with Crippen molar-refractivity contribution in [1.82, 2.24) is 20.1 Å². The summed E-state index contributed by atoms with van der Waals surface area (Å²) in [6, 6.07) is 23.7. The second-order valence-corrected chi connectivity index (χ2v) is 9.97. The van der Waals surface area contributed by atoms with Gasteiger partial charge in [-0.25, -0.2) is 9.18 Å². The number of aromatic amines is 1. The lowest BCUT2D eigenvalue weighted by Crippen LogP contribution is -2.48. The molecule has 4 rings (SSSR count). The number of nitrogens with one attached hydrogen (secondary N) is 2. The van der Waals surface area contributed by atoms with Gasteiger partial charge in [0.1, 0.15) is 12.4 Å². The van der Waals surface area contributed by atoms with Crippen molar-refractivity contribution in [2.45, 2.75) is 33.4 Å². The summed E-state index contributed by atoms with van der Waals surface area (Å²) >= 11 is 0. The minimum absolute atomic E-state index is 0.0338. The highest BCUT2D eigenvalue weighted by Gasteiger charge is 2.23. The Hall–Kier alpha value is -4.13. The Morgan fingerprint density at radius 2 is 1.61 bits per heavy atom. The second kappa shape index (κ2) is 12.9. The van der Waals surface area contributed by atoms with Crippen LogP contribution in [0.2, 0.25) is 0 Å². The largest absolute Gasteiger partial charge is 0.361 e. The standard InChI is InChI=1S/C31H35FN4O2/c1-23(2)20-36(31(38)34-18-24-8-4-3-5-9-24)22-30(37)35(21-25-12-14-27(32)15-13-25)17-16-26-19-33-29-11-7-6-10-28(26)29/h3-15,19,23,33H,16-18,20-22H2,1-2H3,(H,34,38). The van der Waals surface area contributed by atoms with Crippen LogP contribution in [0.4, 0.5) is 9.18 Å². The molecule has 0 aliphatic carbocycles. The maximum atomic E-state index is 13.6. The number of rotatable bonds is 11. The number of H-pyrrole nitrogens is 1. The van der Waals surface area contributed by atoms with E-state index in [2.05, 4.69) is 16.4 Å². The highest BCUT2D eigenvalue weighted by Crippen LogP contribution is 2.19. The summed E-state index contributed by atoms with van der Waals surface area (Å²) in [5.41, 5.74) is 4.00. The van der Waals surface area contributed by atoms with E-state index in [1.807, 2.05) is 68.6 Å². The Morgan fingerprint density at radius 1 is 0.895 bits per heavy atom. The Balaban J connectivity index is 1.48. The van der Waals surface area contributed by atoms with Crippen molar-refractivity contribution in [3.8, 4) is 0 Å². The average Bonchev–Trinajstić information content (AvgIpc) is 3.33. The number of amides is 3. The van der Waals surface area contributed by atoms with Crippen LogP contribution in [-0.2, 0) is 24.3 Å². The molecule has 1 aromatic heterocycles. The molecule has 38 heavy (non-hydrogen) atoms. The number of fused-ring (bicyclic) bond motifs is 1. The van der Waals surface area contributed by atoms with Gasteiger partial charge in [-0.2, -0.15) is 0 Å². The van der Waals surface area contributed by atoms with Gasteiger partial charge < -0.3 is 20.1 Å². The van der Waals surface area contributed by atoms with E-state index in [9.17, 15) is 14.0 Å². The molecule has 0 spiro atoms. The molecule has 0 fully saturated rings. The van der Waals surface area contributed by atoms with E-state index in [0.717, 1.165) is 27.6 Å². The summed E-state index contributed by atoms with van der Waals surface area (Å²) in [6.07, 6.45) is 2.63. The van der Waals surface area contributed by atoms with Crippen molar-refractivity contribution in [1.29, 1.82) is 0 Å². The Labute approximate surface area is 223 Å². The van der Waals surface area contributed by atoms with Crippen molar-refractivity contribution in [2.24, 2.45) is 5.92 Å². The van der Waals surface area contributed by atoms with Crippen molar-refractivity contribution < 1.29 is 14.0 Å². The van der Waals surface area contributed by atoms with Gasteiger partial charge in [0, 0.05) is 43.3 Å². The van der Waals surface area contributed by atoms with Gasteiger partial charge in [0.05, 0.1) is 0 Å². The number of hydrogen-bond acceptors (Lipinski definition) is 2. The van der Waals surface area contributed by atoms with Gasteiger partial charge >= 0.3 is 6.03 Å². The van der Waals surface area contributed by atoms with Crippen molar-refractivity contribution in [3.05, 3.63) is 108 Å². The van der Waals surface area contributed by atoms with Crippen LogP contribution in [-0.4, -0.2) is 46.4 Å². The first-order valence-electron chi connectivity index (χ1n) is 13.0. The summed E-state index contributed by atoms with van der Waals surface area (Å²) in [4.78, 5) is 33.4. The first-order chi connectivity index (χ1) is 18.4. The summed E-state index contributed by atoms with van der Waals surface area (Å²) in [5, 5.41) is 4.08. The molecule has 0 bridgehead atoms. The van der Waals surface area contributed by atoms with Crippen LogP contribution in [0.3, 0.4) is 0 Å². The number of carbonyl (C=O) groups is 2. The minimum Gasteiger partial charge on any atom is -0.361 e. The van der Waals surface area contributed by atoms with Crippen LogP contribution < -0.4 is 5.32 Å². The second-order valence-electron chi connectivity index (χ2n) is 9.97. The molecule has 3 aromatic carbocycles. The SMILES string of the molecule is CC(C)CN(CC(=O)N(CCc1c[nH]c2ccccc12)Cc1ccc(F)cc1)C(=O)NCc1ccccc1. The van der Waals surface area contributed by atoms with Crippen LogP contribution in [0.5, 0.6) is 0 Å². The maximum Gasteiger partial charge on any atom is 0.318 e. The Bertz CT molecular complexity index is 1340. The zero-order valence-corrected chi connectivity index (χ0v) is 22.0. The molecule has 7 heteroatoms. The lowest BCUT2D eigenvalue weighted by molar-refractivity contribution is -0.132. The maximum absolute atomic E-state index is 13.6. The monoisotopic (exact) mass is 514 g/mol. The number of para-hydroxylation sites is 1. The molecule has 0 saturated carbocycles. The number of nitrogens with zero attached hydrogens (tertiary/aromatic N) is 2. The lowest BCUT2D eigenvalue weighted by atomic mass is 10.1. The predicted octanol–water partition coefficient (Wildman–Crippen LogP) is 5.75. The van der Waals surface area contributed by atoms with E-state index in [4.69, 9.17) is 0 Å². The molecule has 0 radical (unpaired) electrons. The van der Waals surface area contributed by atoms with Gasteiger partial charge in [-0.15, -0.1) is 0 Å². The van der Waals surface area contributed by atoms with Crippen LogP contribution in [0.25, 0.3) is 10.9 Å². The molecule has 6 nitrogen and oxygen atoms in total. The molecule has 0 aliphatic heterocycles. The average molecular weight is 515 g/mol. The normalized spacial score (nSPS) is 11.1. The highest BCUT2D eigenvalue weighted by molar-refractivity contribution is 5.85. The summed E-state index contributed by atoms with van der Waals surface area (Å²) in [7, 11) is 0. The predicted molar refractivity (Wildman–Crippen MR) is 149 cm³/mol. The molecule has 0 aliphatic rings. The van der Waals surface area contributed by atoms with Crippen LogP contribution in [0.1, 0.15) is 30.5 Å². The van der Waals surface area contributed by atoms with Gasteiger partial charge in [0.15, 0.2) is 0 Å². The molecule has 198 valence electrons. The smallest absolute Gasteiger partial charge is 0.318 e. The molecular formula is C31H35FN4O2. The molecule has 0 saturated heterocycles. The third-order valence-electron chi connectivity index (χ3n) is 6.45. The lowest BCUT2D eigenvalue weighted by Gasteiger charge is -2.29. The minimum atomic E-state index is -0.316. The van der Waals surface area contributed by atoms with Gasteiger partial charge in [-0.3, -0.25) is 4.79 Å². The Kier molecular flexibility index (Phi) is 9.14. The molecule has 3 amide bonds. The van der Waals surface area contributed by atoms with E-state index < -0.39 is 0 Å². The summed E-state index contributed by atoms with van der Waals surface area (Å²) in [5.74, 6) is -0.268. The fraction of sp³-hybridized carbons (Fsp3) is 0.290. The number of benzene rings is 3. The first-order valence-corrected chi connectivity index (χ1v) is 13.0. The van der Waals surface area contributed by atoms with Gasteiger partial charge in [-0.1, -0.05) is 74.5 Å².